The second-order valence-corrected chi connectivity index (χ2v) is 5.16. The third-order valence-electron chi connectivity index (χ3n) is 3.08. The topological polar surface area (TPSA) is 78.9 Å². The van der Waals surface area contributed by atoms with Crippen LogP contribution in [0.25, 0.3) is 0 Å². The van der Waals surface area contributed by atoms with Gasteiger partial charge in [0.1, 0.15) is 6.07 Å². The minimum Gasteiger partial charge on any atom is -0.329 e. The Labute approximate surface area is 108 Å². The number of nitrogens with two attached hydrogens (primary N) is 1. The number of hydrogen-bond acceptors (Lipinski definition) is 3. The van der Waals surface area contributed by atoms with Crippen LogP contribution in [0.1, 0.15) is 18.4 Å². The van der Waals surface area contributed by atoms with E-state index >= 15 is 0 Å². The zero-order chi connectivity index (χ0) is 12.5. The zero-order valence-electron chi connectivity index (χ0n) is 9.16. The van der Waals surface area contributed by atoms with Crippen molar-refractivity contribution in [3.05, 3.63) is 28.2 Å². The summed E-state index contributed by atoms with van der Waals surface area (Å²) in [5.74, 6) is -0.0844. The van der Waals surface area contributed by atoms with Crippen molar-refractivity contribution in [2.75, 3.05) is 11.9 Å². The van der Waals surface area contributed by atoms with Crippen LogP contribution in [0.15, 0.2) is 22.7 Å². The first kappa shape index (κ1) is 12.1. The van der Waals surface area contributed by atoms with E-state index in [1.165, 1.54) is 0 Å². The largest absolute Gasteiger partial charge is 0.329 e. The molecule has 0 heterocycles. The van der Waals surface area contributed by atoms with E-state index in [2.05, 4.69) is 27.3 Å². The van der Waals surface area contributed by atoms with Gasteiger partial charge in [0.15, 0.2) is 0 Å². The molecule has 0 spiro atoms. The molecule has 1 aliphatic carbocycles. The minimum atomic E-state index is -0.403. The van der Waals surface area contributed by atoms with Gasteiger partial charge in [-0.1, -0.05) is 15.9 Å². The Balaban J connectivity index is 2.20. The summed E-state index contributed by atoms with van der Waals surface area (Å²) in [5.41, 5.74) is 6.17. The summed E-state index contributed by atoms with van der Waals surface area (Å²) in [7, 11) is 0. The van der Waals surface area contributed by atoms with E-state index in [0.717, 1.165) is 17.3 Å². The fraction of sp³-hybridized carbons (Fsp3) is 0.333. The molecule has 0 saturated heterocycles. The lowest BCUT2D eigenvalue weighted by atomic mass is 10.1. The lowest BCUT2D eigenvalue weighted by Crippen LogP contribution is -2.31. The molecule has 1 fully saturated rings. The van der Waals surface area contributed by atoms with Gasteiger partial charge < -0.3 is 11.1 Å². The van der Waals surface area contributed by atoms with Gasteiger partial charge in [0.2, 0.25) is 5.91 Å². The Morgan fingerprint density at radius 1 is 1.59 bits per heavy atom. The summed E-state index contributed by atoms with van der Waals surface area (Å²) in [6, 6.07) is 7.24. The molecule has 1 aliphatic rings. The summed E-state index contributed by atoms with van der Waals surface area (Å²) in [6.45, 7) is 0.358. The van der Waals surface area contributed by atoms with Crippen LogP contribution in [0.3, 0.4) is 0 Å². The first-order valence-electron chi connectivity index (χ1n) is 5.32. The molecule has 0 unspecified atom stereocenters. The number of nitrogens with zero attached hydrogens (tertiary/aromatic N) is 1. The Hall–Kier alpha value is -1.38. The number of amides is 1. The highest BCUT2D eigenvalue weighted by Crippen LogP contribution is 2.45. The molecular weight excluding hydrogens is 282 g/mol. The van der Waals surface area contributed by atoms with Crippen molar-refractivity contribution in [1.82, 2.24) is 0 Å². The van der Waals surface area contributed by atoms with E-state index in [9.17, 15) is 4.79 Å². The van der Waals surface area contributed by atoms with Gasteiger partial charge in [-0.05, 0) is 31.0 Å². The van der Waals surface area contributed by atoms with Gasteiger partial charge in [0.25, 0.3) is 0 Å². The number of anilines is 1. The van der Waals surface area contributed by atoms with Gasteiger partial charge in [-0.15, -0.1) is 0 Å². The van der Waals surface area contributed by atoms with Crippen LogP contribution < -0.4 is 11.1 Å². The second kappa shape index (κ2) is 4.47. The Bertz CT molecular complexity index is 503. The maximum Gasteiger partial charge on any atom is 0.231 e. The number of halogens is 1. The molecule has 1 amide bonds. The molecule has 0 aliphatic heterocycles. The molecule has 5 heteroatoms. The number of nitriles is 1. The van der Waals surface area contributed by atoms with Gasteiger partial charge in [-0.2, -0.15) is 5.26 Å². The standard InChI is InChI=1S/C12H12BrN3O/c13-9-1-2-10(8(5-9)6-14)16-11(17)12(7-15)3-4-12/h1-2,5H,3-4,7,15H2,(H,16,17). The van der Waals surface area contributed by atoms with E-state index in [0.29, 0.717) is 17.8 Å². The normalized spacial score (nSPS) is 16.1. The summed E-state index contributed by atoms with van der Waals surface area (Å²) in [6.07, 6.45) is 1.65. The number of rotatable bonds is 3. The predicted octanol–water partition coefficient (Wildman–Crippen LogP) is 2.00. The van der Waals surface area contributed by atoms with Crippen molar-refractivity contribution >= 4 is 27.5 Å². The second-order valence-electron chi connectivity index (χ2n) is 4.24. The maximum absolute atomic E-state index is 12.0. The molecule has 1 aromatic carbocycles. The lowest BCUT2D eigenvalue weighted by molar-refractivity contribution is -0.120. The zero-order valence-corrected chi connectivity index (χ0v) is 10.8. The van der Waals surface area contributed by atoms with Crippen molar-refractivity contribution in [1.29, 1.82) is 5.26 Å². The average Bonchev–Trinajstić information content (AvgIpc) is 3.12. The molecule has 1 aromatic rings. The third-order valence-corrected chi connectivity index (χ3v) is 3.57. The van der Waals surface area contributed by atoms with E-state index < -0.39 is 5.41 Å². The SMILES string of the molecule is N#Cc1cc(Br)ccc1NC(=O)C1(CN)CC1. The highest BCUT2D eigenvalue weighted by Gasteiger charge is 2.48. The Morgan fingerprint density at radius 3 is 2.82 bits per heavy atom. The Kier molecular flexibility index (Phi) is 3.18. The molecular formula is C12H12BrN3O. The minimum absolute atomic E-state index is 0.0844. The monoisotopic (exact) mass is 293 g/mol. The number of benzene rings is 1. The summed E-state index contributed by atoms with van der Waals surface area (Å²) in [4.78, 5) is 12.0. The number of carbonyl (C=O) groups is 1. The molecule has 0 atom stereocenters. The van der Waals surface area contributed by atoms with Gasteiger partial charge in [-0.3, -0.25) is 4.79 Å². The van der Waals surface area contributed by atoms with E-state index in [-0.39, 0.29) is 5.91 Å². The van der Waals surface area contributed by atoms with Crippen LogP contribution in [0.2, 0.25) is 0 Å². The van der Waals surface area contributed by atoms with Crippen LogP contribution in [-0.2, 0) is 4.79 Å². The predicted molar refractivity (Wildman–Crippen MR) is 68.2 cm³/mol. The summed E-state index contributed by atoms with van der Waals surface area (Å²) < 4.78 is 0.812. The van der Waals surface area contributed by atoms with Crippen LogP contribution in [-0.4, -0.2) is 12.5 Å². The number of carbonyl (C=O) groups excluding carboxylic acids is 1. The summed E-state index contributed by atoms with van der Waals surface area (Å²) in [5, 5.41) is 11.8. The van der Waals surface area contributed by atoms with Crippen molar-refractivity contribution in [3.8, 4) is 6.07 Å². The van der Waals surface area contributed by atoms with Gasteiger partial charge in [-0.25, -0.2) is 0 Å². The fourth-order valence-electron chi connectivity index (χ4n) is 1.65. The van der Waals surface area contributed by atoms with E-state index in [4.69, 9.17) is 11.0 Å². The quantitative estimate of drug-likeness (QED) is 0.895. The van der Waals surface area contributed by atoms with Crippen molar-refractivity contribution in [2.45, 2.75) is 12.8 Å². The highest BCUT2D eigenvalue weighted by atomic mass is 79.9. The third kappa shape index (κ3) is 2.33. The number of nitrogens with one attached hydrogen (secondary N) is 1. The van der Waals surface area contributed by atoms with Crippen LogP contribution in [0, 0.1) is 16.7 Å². The average molecular weight is 294 g/mol. The molecule has 0 bridgehead atoms. The van der Waals surface area contributed by atoms with Crippen LogP contribution in [0.5, 0.6) is 0 Å². The van der Waals surface area contributed by atoms with E-state index in [1.807, 2.05) is 0 Å². The van der Waals surface area contributed by atoms with Gasteiger partial charge >= 0.3 is 0 Å². The highest BCUT2D eigenvalue weighted by molar-refractivity contribution is 9.10. The van der Waals surface area contributed by atoms with Gasteiger partial charge in [0, 0.05) is 11.0 Å². The molecule has 4 nitrogen and oxygen atoms in total. The van der Waals surface area contributed by atoms with Crippen molar-refractivity contribution < 1.29 is 4.79 Å². The fourth-order valence-corrected chi connectivity index (χ4v) is 2.01. The molecule has 0 aromatic heterocycles. The molecule has 0 radical (unpaired) electrons. The molecule has 3 N–H and O–H groups in total. The van der Waals surface area contributed by atoms with E-state index in [1.54, 1.807) is 18.2 Å². The first-order chi connectivity index (χ1) is 8.11. The van der Waals surface area contributed by atoms with Crippen molar-refractivity contribution in [3.63, 3.8) is 0 Å². The first-order valence-corrected chi connectivity index (χ1v) is 6.12. The number of hydrogen-bond donors (Lipinski definition) is 2. The van der Waals surface area contributed by atoms with Gasteiger partial charge in [0.05, 0.1) is 16.7 Å². The summed E-state index contributed by atoms with van der Waals surface area (Å²) >= 11 is 3.29. The van der Waals surface area contributed by atoms with Crippen molar-refractivity contribution in [2.24, 2.45) is 11.1 Å². The molecule has 88 valence electrons. The molecule has 2 rings (SSSR count). The lowest BCUT2D eigenvalue weighted by Gasteiger charge is -2.13. The maximum atomic E-state index is 12.0. The van der Waals surface area contributed by atoms with Crippen LogP contribution in [0.4, 0.5) is 5.69 Å². The molecule has 17 heavy (non-hydrogen) atoms. The Morgan fingerprint density at radius 2 is 2.29 bits per heavy atom. The van der Waals surface area contributed by atoms with Crippen LogP contribution >= 0.6 is 15.9 Å². The smallest absolute Gasteiger partial charge is 0.231 e. The molecule has 1 saturated carbocycles.